The number of hydrogen-bond donors (Lipinski definition) is 1. The molecule has 1 amide bonds. The van der Waals surface area contributed by atoms with Crippen LogP contribution in [0.1, 0.15) is 31.7 Å². The molecular weight excluding hydrogens is 414 g/mol. The second-order valence-electron chi connectivity index (χ2n) is 7.06. The van der Waals surface area contributed by atoms with E-state index < -0.39 is 10.0 Å². The first-order valence-electron chi connectivity index (χ1n) is 10.1. The third kappa shape index (κ3) is 4.76. The Balaban J connectivity index is 1.75. The van der Waals surface area contributed by atoms with Crippen LogP contribution in [-0.2, 0) is 28.3 Å². The van der Waals surface area contributed by atoms with Gasteiger partial charge in [0.1, 0.15) is 5.82 Å². The fraction of sp³-hybridized carbons (Fsp3) is 0.318. The summed E-state index contributed by atoms with van der Waals surface area (Å²) in [5.41, 5.74) is 2.54. The summed E-state index contributed by atoms with van der Waals surface area (Å²) in [6.45, 7) is 4.42. The summed E-state index contributed by atoms with van der Waals surface area (Å²) in [6, 6.07) is 13.6. The van der Waals surface area contributed by atoms with Gasteiger partial charge in [-0.05, 0) is 42.5 Å². The topological polar surface area (TPSA) is 108 Å². The van der Waals surface area contributed by atoms with Gasteiger partial charge in [0.15, 0.2) is 0 Å². The van der Waals surface area contributed by atoms with Gasteiger partial charge in [0, 0.05) is 38.7 Å². The molecule has 3 rings (SSSR count). The van der Waals surface area contributed by atoms with Crippen LogP contribution in [0, 0.1) is 11.3 Å². The molecule has 162 valence electrons. The first-order chi connectivity index (χ1) is 14.8. The van der Waals surface area contributed by atoms with Crippen molar-refractivity contribution in [2.24, 2.45) is 7.05 Å². The molecule has 0 unspecified atom stereocenters. The lowest BCUT2D eigenvalue weighted by molar-refractivity contribution is -0.116. The van der Waals surface area contributed by atoms with Crippen molar-refractivity contribution < 1.29 is 13.2 Å². The third-order valence-corrected chi connectivity index (χ3v) is 7.21. The second-order valence-corrected chi connectivity index (χ2v) is 9.00. The molecule has 0 saturated heterocycles. The van der Waals surface area contributed by atoms with Crippen LogP contribution in [0.5, 0.6) is 0 Å². The lowest BCUT2D eigenvalue weighted by Gasteiger charge is -2.18. The molecule has 0 bridgehead atoms. The predicted molar refractivity (Wildman–Crippen MR) is 119 cm³/mol. The fourth-order valence-corrected chi connectivity index (χ4v) is 4.88. The van der Waals surface area contributed by atoms with Crippen LogP contribution >= 0.6 is 0 Å². The van der Waals surface area contributed by atoms with Gasteiger partial charge >= 0.3 is 0 Å². The lowest BCUT2D eigenvalue weighted by Crippen LogP contribution is -2.30. The Morgan fingerprint density at radius 1 is 1.16 bits per heavy atom. The molecule has 8 nitrogen and oxygen atoms in total. The van der Waals surface area contributed by atoms with Gasteiger partial charge in [0.2, 0.25) is 15.9 Å². The molecule has 0 atom stereocenters. The average molecular weight is 440 g/mol. The molecule has 0 spiro atoms. The van der Waals surface area contributed by atoms with Gasteiger partial charge in [-0.15, -0.1) is 0 Å². The number of fused-ring (bicyclic) bond motifs is 1. The number of nitrogens with zero attached hydrogens (tertiary/aromatic N) is 4. The largest absolute Gasteiger partial charge is 0.331 e. The van der Waals surface area contributed by atoms with Gasteiger partial charge in [-0.3, -0.25) is 4.79 Å². The maximum atomic E-state index is 12.8. The Hall–Kier alpha value is -3.22. The summed E-state index contributed by atoms with van der Waals surface area (Å²) >= 11 is 0. The van der Waals surface area contributed by atoms with Crippen molar-refractivity contribution in [1.29, 1.82) is 5.26 Å². The number of nitriles is 1. The third-order valence-electron chi connectivity index (χ3n) is 5.16. The number of anilines is 1. The van der Waals surface area contributed by atoms with E-state index in [2.05, 4.69) is 10.3 Å². The first-order valence-corrected chi connectivity index (χ1v) is 11.5. The van der Waals surface area contributed by atoms with E-state index in [-0.39, 0.29) is 17.2 Å². The van der Waals surface area contributed by atoms with E-state index in [1.807, 2.05) is 17.7 Å². The Bertz CT molecular complexity index is 1240. The standard InChI is InChI=1S/C22H25N5O3S/c1-4-27(5-2)31(29,30)18-10-11-20-19(14-18)25-21(26(20)3)12-13-22(28)24-17-8-6-16(15-23)7-9-17/h6-11,14H,4-5,12-13H2,1-3H3,(H,24,28). The zero-order valence-corrected chi connectivity index (χ0v) is 18.6. The lowest BCUT2D eigenvalue weighted by atomic mass is 10.2. The minimum atomic E-state index is -3.56. The summed E-state index contributed by atoms with van der Waals surface area (Å²) in [5, 5.41) is 11.6. The number of imidazole rings is 1. The molecule has 1 heterocycles. The molecule has 0 saturated carbocycles. The predicted octanol–water partition coefficient (Wildman–Crippen LogP) is 3.05. The van der Waals surface area contributed by atoms with Crippen LogP contribution in [0.15, 0.2) is 47.4 Å². The van der Waals surface area contributed by atoms with Crippen LogP contribution < -0.4 is 5.32 Å². The Morgan fingerprint density at radius 2 is 1.84 bits per heavy atom. The zero-order valence-electron chi connectivity index (χ0n) is 17.8. The molecule has 0 aliphatic rings. The number of aromatic nitrogens is 2. The van der Waals surface area contributed by atoms with Gasteiger partial charge < -0.3 is 9.88 Å². The molecule has 0 aliphatic carbocycles. The Kier molecular flexibility index (Phi) is 6.73. The minimum Gasteiger partial charge on any atom is -0.331 e. The SMILES string of the molecule is CCN(CC)S(=O)(=O)c1ccc2c(c1)nc(CCC(=O)Nc1ccc(C#N)cc1)n2C. The highest BCUT2D eigenvalue weighted by atomic mass is 32.2. The highest BCUT2D eigenvalue weighted by molar-refractivity contribution is 7.89. The number of benzene rings is 2. The maximum Gasteiger partial charge on any atom is 0.243 e. The van der Waals surface area contributed by atoms with Crippen LogP contribution in [0.3, 0.4) is 0 Å². The molecular formula is C22H25N5O3S. The van der Waals surface area contributed by atoms with Crippen molar-refractivity contribution in [1.82, 2.24) is 13.9 Å². The fourth-order valence-electron chi connectivity index (χ4n) is 3.40. The van der Waals surface area contributed by atoms with E-state index in [0.29, 0.717) is 42.1 Å². The quantitative estimate of drug-likeness (QED) is 0.580. The number of amides is 1. The number of carbonyl (C=O) groups excluding carboxylic acids is 1. The smallest absolute Gasteiger partial charge is 0.243 e. The highest BCUT2D eigenvalue weighted by Crippen LogP contribution is 2.23. The summed E-state index contributed by atoms with van der Waals surface area (Å²) < 4.78 is 28.8. The Morgan fingerprint density at radius 3 is 2.45 bits per heavy atom. The summed E-state index contributed by atoms with van der Waals surface area (Å²) in [5.74, 6) is 0.531. The van der Waals surface area contributed by atoms with E-state index in [4.69, 9.17) is 5.26 Å². The number of rotatable bonds is 8. The second kappa shape index (κ2) is 9.29. The van der Waals surface area contributed by atoms with Crippen molar-refractivity contribution in [2.45, 2.75) is 31.6 Å². The number of sulfonamides is 1. The summed E-state index contributed by atoms with van der Waals surface area (Å²) in [7, 11) is -1.71. The molecule has 3 aromatic rings. The van der Waals surface area contributed by atoms with E-state index in [0.717, 1.165) is 5.52 Å². The van der Waals surface area contributed by atoms with Gasteiger partial charge in [0.05, 0.1) is 27.6 Å². The molecule has 2 aromatic carbocycles. The molecule has 1 N–H and O–H groups in total. The molecule has 0 aliphatic heterocycles. The normalized spacial score (nSPS) is 11.6. The molecule has 9 heteroatoms. The zero-order chi connectivity index (χ0) is 22.6. The Labute approximate surface area is 182 Å². The van der Waals surface area contributed by atoms with Crippen LogP contribution in [-0.4, -0.2) is 41.3 Å². The minimum absolute atomic E-state index is 0.165. The van der Waals surface area contributed by atoms with Gasteiger partial charge in [-0.2, -0.15) is 9.57 Å². The van der Waals surface area contributed by atoms with Crippen molar-refractivity contribution in [3.63, 3.8) is 0 Å². The van der Waals surface area contributed by atoms with Crippen molar-refractivity contribution >= 4 is 32.7 Å². The molecule has 0 radical (unpaired) electrons. The molecule has 1 aromatic heterocycles. The van der Waals surface area contributed by atoms with Crippen molar-refractivity contribution in [3.05, 3.63) is 53.9 Å². The van der Waals surface area contributed by atoms with E-state index >= 15 is 0 Å². The van der Waals surface area contributed by atoms with Crippen LogP contribution in [0.4, 0.5) is 5.69 Å². The summed E-state index contributed by atoms with van der Waals surface area (Å²) in [6.07, 6.45) is 0.632. The number of aryl methyl sites for hydroxylation is 2. The van der Waals surface area contributed by atoms with Gasteiger partial charge in [0.25, 0.3) is 0 Å². The number of hydrogen-bond acceptors (Lipinski definition) is 5. The molecule has 0 fully saturated rings. The maximum absolute atomic E-state index is 12.8. The van der Waals surface area contributed by atoms with Crippen molar-refractivity contribution in [3.8, 4) is 6.07 Å². The monoisotopic (exact) mass is 439 g/mol. The van der Waals surface area contributed by atoms with Crippen LogP contribution in [0.2, 0.25) is 0 Å². The van der Waals surface area contributed by atoms with Crippen molar-refractivity contribution in [2.75, 3.05) is 18.4 Å². The van der Waals surface area contributed by atoms with Gasteiger partial charge in [-0.1, -0.05) is 13.8 Å². The van der Waals surface area contributed by atoms with E-state index in [1.165, 1.54) is 4.31 Å². The number of nitrogens with one attached hydrogen (secondary N) is 1. The van der Waals surface area contributed by atoms with Crippen LogP contribution in [0.25, 0.3) is 11.0 Å². The van der Waals surface area contributed by atoms with Gasteiger partial charge in [-0.25, -0.2) is 13.4 Å². The number of carbonyl (C=O) groups is 1. The van der Waals surface area contributed by atoms with E-state index in [1.54, 1.807) is 56.3 Å². The first kappa shape index (κ1) is 22.5. The highest BCUT2D eigenvalue weighted by Gasteiger charge is 2.22. The van der Waals surface area contributed by atoms with E-state index in [9.17, 15) is 13.2 Å². The average Bonchev–Trinajstić information content (AvgIpc) is 3.08. The summed E-state index contributed by atoms with van der Waals surface area (Å²) in [4.78, 5) is 17.1. The molecule has 31 heavy (non-hydrogen) atoms.